The number of benzene rings is 6. The Bertz CT molecular complexity index is 1830. The zero-order valence-corrected chi connectivity index (χ0v) is 22.6. The molecule has 1 unspecified atom stereocenters. The number of rotatable bonds is 4. The van der Waals surface area contributed by atoms with E-state index in [1.54, 1.807) is 0 Å². The van der Waals surface area contributed by atoms with Crippen molar-refractivity contribution in [2.24, 2.45) is 0 Å². The third-order valence-corrected chi connectivity index (χ3v) is 9.68. The van der Waals surface area contributed by atoms with Crippen LogP contribution in [0.15, 0.2) is 158 Å². The summed E-state index contributed by atoms with van der Waals surface area (Å²) in [4.78, 5) is 0. The van der Waals surface area contributed by atoms with Crippen LogP contribution in [0.5, 0.6) is 5.75 Å². The van der Waals surface area contributed by atoms with Gasteiger partial charge in [0.15, 0.2) is 0 Å². The lowest BCUT2D eigenvalue weighted by atomic mass is 10.0. The van der Waals surface area contributed by atoms with Crippen LogP contribution in [0.25, 0.3) is 33.4 Å². The molecule has 0 saturated carbocycles. The summed E-state index contributed by atoms with van der Waals surface area (Å²) in [6, 6.07) is 52.5. The zero-order valence-electron chi connectivity index (χ0n) is 21.7. The fourth-order valence-electron chi connectivity index (χ4n) is 5.33. The minimum absolute atomic E-state index is 0.605. The van der Waals surface area contributed by atoms with E-state index in [1.807, 2.05) is 120 Å². The van der Waals surface area contributed by atoms with Crippen molar-refractivity contribution in [3.05, 3.63) is 158 Å². The zero-order chi connectivity index (χ0) is 26.9. The van der Waals surface area contributed by atoms with Crippen molar-refractivity contribution in [2.45, 2.75) is 0 Å². The maximum atomic E-state index is 15.4. The quantitative estimate of drug-likeness (QED) is 0.211. The molecule has 0 aliphatic carbocycles. The van der Waals surface area contributed by atoms with Gasteiger partial charge in [-0.15, -0.1) is 0 Å². The molecule has 0 spiro atoms. The van der Waals surface area contributed by atoms with E-state index in [4.69, 9.17) is 4.52 Å². The van der Waals surface area contributed by atoms with Crippen molar-refractivity contribution in [1.82, 2.24) is 0 Å². The molecule has 40 heavy (non-hydrogen) atoms. The van der Waals surface area contributed by atoms with Crippen LogP contribution in [0.4, 0.5) is 11.4 Å². The number of anilines is 2. The summed E-state index contributed by atoms with van der Waals surface area (Å²) >= 11 is 0. The van der Waals surface area contributed by atoms with Gasteiger partial charge in [-0.1, -0.05) is 121 Å². The molecule has 0 bridgehead atoms. The Hall–Kier alpha value is -4.85. The van der Waals surface area contributed by atoms with Crippen LogP contribution in [-0.2, 0) is 4.57 Å². The van der Waals surface area contributed by atoms with E-state index in [2.05, 4.69) is 42.5 Å². The van der Waals surface area contributed by atoms with Crippen LogP contribution < -0.4 is 14.5 Å². The van der Waals surface area contributed by atoms with Crippen LogP contribution in [0.2, 0.25) is 0 Å². The summed E-state index contributed by atoms with van der Waals surface area (Å²) in [7, 11) is -3.67. The molecule has 1 atom stereocenters. The minimum atomic E-state index is -3.67. The van der Waals surface area contributed by atoms with Gasteiger partial charge < -0.3 is 4.52 Å². The SMILES string of the molecule is O=P1(c2ccc(-c3ccccc3)cc2)Oc2ccccc2-c2ccccc2N1c1ccc(-c2ccccc2)cc1. The van der Waals surface area contributed by atoms with E-state index in [9.17, 15) is 0 Å². The van der Waals surface area contributed by atoms with E-state index >= 15 is 4.57 Å². The molecule has 6 aromatic carbocycles. The number of hydrogen-bond acceptors (Lipinski definition) is 2. The van der Waals surface area contributed by atoms with Crippen molar-refractivity contribution in [2.75, 3.05) is 4.67 Å². The number of para-hydroxylation sites is 2. The molecule has 0 saturated heterocycles. The number of nitrogens with zero attached hydrogens (tertiary/aromatic N) is 1. The first-order valence-electron chi connectivity index (χ1n) is 13.3. The smallest absolute Gasteiger partial charge is 0.378 e. The fourth-order valence-corrected chi connectivity index (χ4v) is 7.59. The Kier molecular flexibility index (Phi) is 6.07. The van der Waals surface area contributed by atoms with Gasteiger partial charge in [-0.3, -0.25) is 4.67 Å². The second-order valence-electron chi connectivity index (χ2n) is 9.76. The lowest BCUT2D eigenvalue weighted by Gasteiger charge is -2.32. The summed E-state index contributed by atoms with van der Waals surface area (Å²) in [6.45, 7) is 0. The molecule has 0 N–H and O–H groups in total. The molecule has 0 fully saturated rings. The van der Waals surface area contributed by atoms with Gasteiger partial charge in [0.05, 0.1) is 16.7 Å². The van der Waals surface area contributed by atoms with Crippen LogP contribution >= 0.6 is 7.52 Å². The molecular formula is C36H26NO2P. The highest BCUT2D eigenvalue weighted by atomic mass is 31.2. The third kappa shape index (κ3) is 4.22. The Morgan fingerprint density at radius 2 is 0.925 bits per heavy atom. The average molecular weight is 536 g/mol. The van der Waals surface area contributed by atoms with Gasteiger partial charge in [0.1, 0.15) is 5.75 Å². The van der Waals surface area contributed by atoms with Gasteiger partial charge in [-0.05, 0) is 58.7 Å². The summed E-state index contributed by atoms with van der Waals surface area (Å²) in [5, 5.41) is 0.630. The lowest BCUT2D eigenvalue weighted by molar-refractivity contribution is 0.494. The van der Waals surface area contributed by atoms with Crippen molar-refractivity contribution in [3.63, 3.8) is 0 Å². The number of hydrogen-bond donors (Lipinski definition) is 0. The standard InChI is InChI=1S/C36H26NO2P/c38-40(32-25-21-30(22-26-32)28-13-5-2-6-14-28)37(31-23-19-29(20-24-31)27-11-3-1-4-12-27)35-17-9-7-15-33(35)34-16-8-10-18-36(34)39-40/h1-26H. The summed E-state index contributed by atoms with van der Waals surface area (Å²) in [5.41, 5.74) is 7.94. The van der Waals surface area contributed by atoms with Crippen LogP contribution in [0, 0.1) is 0 Å². The van der Waals surface area contributed by atoms with E-state index in [0.717, 1.165) is 44.8 Å². The molecule has 0 amide bonds. The van der Waals surface area contributed by atoms with Crippen LogP contribution in [0.1, 0.15) is 0 Å². The van der Waals surface area contributed by atoms with Gasteiger partial charge in [-0.25, -0.2) is 4.57 Å². The maximum absolute atomic E-state index is 15.4. The Labute approximate surface area is 234 Å². The molecule has 4 heteroatoms. The van der Waals surface area contributed by atoms with Gasteiger partial charge in [-0.2, -0.15) is 0 Å². The molecule has 1 heterocycles. The van der Waals surface area contributed by atoms with Crippen molar-refractivity contribution < 1.29 is 9.09 Å². The number of fused-ring (bicyclic) bond motifs is 3. The molecule has 6 aromatic rings. The highest BCUT2D eigenvalue weighted by Gasteiger charge is 2.41. The minimum Gasteiger partial charge on any atom is -0.425 e. The molecule has 1 aliphatic heterocycles. The first kappa shape index (κ1) is 24.2. The third-order valence-electron chi connectivity index (χ3n) is 7.31. The fraction of sp³-hybridized carbons (Fsp3) is 0. The van der Waals surface area contributed by atoms with Crippen LogP contribution in [-0.4, -0.2) is 0 Å². The van der Waals surface area contributed by atoms with Gasteiger partial charge in [0, 0.05) is 11.1 Å². The topological polar surface area (TPSA) is 29.5 Å². The maximum Gasteiger partial charge on any atom is 0.378 e. The van der Waals surface area contributed by atoms with E-state index in [-0.39, 0.29) is 0 Å². The van der Waals surface area contributed by atoms with Crippen molar-refractivity contribution in [1.29, 1.82) is 0 Å². The molecule has 0 aromatic heterocycles. The molecule has 7 rings (SSSR count). The van der Waals surface area contributed by atoms with Gasteiger partial charge >= 0.3 is 7.52 Å². The Morgan fingerprint density at radius 1 is 0.450 bits per heavy atom. The van der Waals surface area contributed by atoms with Crippen LogP contribution in [0.3, 0.4) is 0 Å². The highest BCUT2D eigenvalue weighted by molar-refractivity contribution is 7.69. The van der Waals surface area contributed by atoms with Gasteiger partial charge in [0.2, 0.25) is 0 Å². The summed E-state index contributed by atoms with van der Waals surface area (Å²) in [6.07, 6.45) is 0. The first-order chi connectivity index (χ1) is 19.7. The van der Waals surface area contributed by atoms with E-state index < -0.39 is 7.52 Å². The van der Waals surface area contributed by atoms with Gasteiger partial charge in [0.25, 0.3) is 0 Å². The Balaban J connectivity index is 1.41. The molecule has 1 aliphatic rings. The second kappa shape index (κ2) is 10.0. The van der Waals surface area contributed by atoms with E-state index in [1.165, 1.54) is 0 Å². The largest absolute Gasteiger partial charge is 0.425 e. The first-order valence-corrected chi connectivity index (χ1v) is 14.9. The molecule has 3 nitrogen and oxygen atoms in total. The lowest BCUT2D eigenvalue weighted by Crippen LogP contribution is -2.24. The summed E-state index contributed by atoms with van der Waals surface area (Å²) < 4.78 is 23.9. The molecule has 0 radical (unpaired) electrons. The Morgan fingerprint density at radius 3 is 1.55 bits per heavy atom. The van der Waals surface area contributed by atoms with E-state index in [0.29, 0.717) is 11.1 Å². The molecular weight excluding hydrogens is 509 g/mol. The average Bonchev–Trinajstić information content (AvgIpc) is 3.14. The predicted molar refractivity (Wildman–Crippen MR) is 166 cm³/mol. The normalized spacial score (nSPS) is 15.8. The summed E-state index contributed by atoms with van der Waals surface area (Å²) in [5.74, 6) is 0.605. The molecule has 192 valence electrons. The highest BCUT2D eigenvalue weighted by Crippen LogP contribution is 2.61. The van der Waals surface area contributed by atoms with Crippen molar-refractivity contribution >= 4 is 24.2 Å². The second-order valence-corrected chi connectivity index (χ2v) is 11.9. The predicted octanol–water partition coefficient (Wildman–Crippen LogP) is 9.74. The van der Waals surface area contributed by atoms with Crippen molar-refractivity contribution in [3.8, 4) is 39.1 Å². The monoisotopic (exact) mass is 535 g/mol.